The molecular weight excluding hydrogens is 695 g/mol. The van der Waals surface area contributed by atoms with Gasteiger partial charge in [-0.15, -0.1) is 0 Å². The summed E-state index contributed by atoms with van der Waals surface area (Å²) >= 11 is 0. The van der Waals surface area contributed by atoms with Gasteiger partial charge in [0.15, 0.2) is 17.5 Å². The first-order valence-electron chi connectivity index (χ1n) is 19.5. The largest absolute Gasteiger partial charge is 0.456 e. The van der Waals surface area contributed by atoms with E-state index >= 15 is 0 Å². The normalized spacial score (nSPS) is 14.1. The van der Waals surface area contributed by atoms with Gasteiger partial charge in [-0.25, -0.2) is 15.0 Å². The number of nitrogens with zero attached hydrogens (tertiary/aromatic N) is 3. The molecule has 268 valence electrons. The molecule has 1 atom stereocenters. The maximum absolute atomic E-state index is 6.65. The molecule has 8 aromatic carbocycles. The Kier molecular flexibility index (Phi) is 7.92. The Labute approximate surface area is 330 Å². The molecule has 2 aromatic heterocycles. The molecule has 4 nitrogen and oxygen atoms in total. The van der Waals surface area contributed by atoms with Gasteiger partial charge in [-0.2, -0.15) is 0 Å². The number of hydrogen-bond donors (Lipinski definition) is 0. The molecule has 57 heavy (non-hydrogen) atoms. The molecule has 0 fully saturated rings. The molecule has 0 amide bonds. The van der Waals surface area contributed by atoms with Crippen molar-refractivity contribution in [3.05, 3.63) is 206 Å². The molecule has 1 unspecified atom stereocenters. The fourth-order valence-electron chi connectivity index (χ4n) is 8.40. The van der Waals surface area contributed by atoms with Crippen molar-refractivity contribution >= 4 is 49.1 Å². The van der Waals surface area contributed by atoms with E-state index in [9.17, 15) is 0 Å². The highest BCUT2D eigenvalue weighted by atomic mass is 16.3. The zero-order valence-corrected chi connectivity index (χ0v) is 31.0. The average Bonchev–Trinajstić information content (AvgIpc) is 3.68. The van der Waals surface area contributed by atoms with Gasteiger partial charge in [-0.3, -0.25) is 0 Å². The van der Waals surface area contributed by atoms with E-state index in [0.717, 1.165) is 56.2 Å². The third-order valence-electron chi connectivity index (χ3n) is 11.3. The zero-order chi connectivity index (χ0) is 37.7. The summed E-state index contributed by atoms with van der Waals surface area (Å²) in [5, 5.41) is 6.94. The van der Waals surface area contributed by atoms with Crippen LogP contribution in [-0.2, 0) is 0 Å². The highest BCUT2D eigenvalue weighted by Gasteiger charge is 2.20. The second-order valence-corrected chi connectivity index (χ2v) is 14.7. The summed E-state index contributed by atoms with van der Waals surface area (Å²) in [6, 6.07) is 61.8. The van der Waals surface area contributed by atoms with Crippen LogP contribution in [0.3, 0.4) is 0 Å². The molecule has 4 heteroatoms. The third kappa shape index (κ3) is 5.90. The molecule has 0 saturated heterocycles. The van der Waals surface area contributed by atoms with Crippen LogP contribution >= 0.6 is 0 Å². The van der Waals surface area contributed by atoms with E-state index in [2.05, 4.69) is 176 Å². The number of fused-ring (bicyclic) bond motifs is 6. The van der Waals surface area contributed by atoms with E-state index in [0.29, 0.717) is 23.4 Å². The van der Waals surface area contributed by atoms with Gasteiger partial charge in [0.2, 0.25) is 0 Å². The lowest BCUT2D eigenvalue weighted by molar-refractivity contribution is 0.669. The molecule has 0 radical (unpaired) electrons. The minimum absolute atomic E-state index is 0.310. The minimum atomic E-state index is 0.310. The first-order chi connectivity index (χ1) is 28.2. The number of hydrogen-bond acceptors (Lipinski definition) is 4. The summed E-state index contributed by atoms with van der Waals surface area (Å²) < 4.78 is 6.65. The first-order valence-corrected chi connectivity index (χ1v) is 19.5. The van der Waals surface area contributed by atoms with Gasteiger partial charge in [0.25, 0.3) is 0 Å². The maximum Gasteiger partial charge on any atom is 0.164 e. The Morgan fingerprint density at radius 1 is 0.439 bits per heavy atom. The van der Waals surface area contributed by atoms with Crippen molar-refractivity contribution in [2.45, 2.75) is 12.3 Å². The molecule has 10 aromatic rings. The van der Waals surface area contributed by atoms with Crippen LogP contribution in [0.2, 0.25) is 0 Å². The number of rotatable bonds is 6. The molecule has 0 spiro atoms. The molecule has 1 aliphatic carbocycles. The van der Waals surface area contributed by atoms with Crippen LogP contribution in [0, 0.1) is 0 Å². The molecular formula is C53H35N3O. The van der Waals surface area contributed by atoms with E-state index in [1.807, 2.05) is 18.2 Å². The van der Waals surface area contributed by atoms with Gasteiger partial charge in [0.05, 0.1) is 0 Å². The third-order valence-corrected chi connectivity index (χ3v) is 11.3. The van der Waals surface area contributed by atoms with Crippen molar-refractivity contribution in [3.8, 4) is 45.0 Å². The predicted molar refractivity (Wildman–Crippen MR) is 235 cm³/mol. The highest BCUT2D eigenvalue weighted by Crippen LogP contribution is 2.41. The van der Waals surface area contributed by atoms with Crippen LogP contribution in [0.5, 0.6) is 0 Å². The predicted octanol–water partition coefficient (Wildman–Crippen LogP) is 13.9. The Morgan fingerprint density at radius 3 is 1.91 bits per heavy atom. The minimum Gasteiger partial charge on any atom is -0.456 e. The van der Waals surface area contributed by atoms with Crippen LogP contribution in [0.4, 0.5) is 0 Å². The number of aromatic nitrogens is 3. The van der Waals surface area contributed by atoms with E-state index in [-0.39, 0.29) is 0 Å². The highest BCUT2D eigenvalue weighted by molar-refractivity contribution is 6.16. The summed E-state index contributed by atoms with van der Waals surface area (Å²) in [5.41, 5.74) is 10.3. The van der Waals surface area contributed by atoms with Crippen LogP contribution < -0.4 is 0 Å². The average molecular weight is 730 g/mol. The second kappa shape index (κ2) is 13.7. The van der Waals surface area contributed by atoms with Crippen LogP contribution in [-0.4, -0.2) is 15.0 Å². The Balaban J connectivity index is 1.04. The summed E-state index contributed by atoms with van der Waals surface area (Å²) in [6.45, 7) is 0. The van der Waals surface area contributed by atoms with Gasteiger partial charge in [-0.1, -0.05) is 170 Å². The number of allylic oxidation sites excluding steroid dienone is 4. The molecule has 0 N–H and O–H groups in total. The van der Waals surface area contributed by atoms with Gasteiger partial charge < -0.3 is 4.42 Å². The smallest absolute Gasteiger partial charge is 0.164 e. The maximum atomic E-state index is 6.65. The number of benzene rings is 8. The fraction of sp³-hybridized carbons (Fsp3) is 0.0377. The lowest BCUT2D eigenvalue weighted by Gasteiger charge is -2.17. The van der Waals surface area contributed by atoms with Crippen molar-refractivity contribution in [3.63, 3.8) is 0 Å². The second-order valence-electron chi connectivity index (χ2n) is 14.7. The van der Waals surface area contributed by atoms with Crippen molar-refractivity contribution in [2.75, 3.05) is 0 Å². The summed E-state index contributed by atoms with van der Waals surface area (Å²) in [7, 11) is 0. The molecule has 2 heterocycles. The van der Waals surface area contributed by atoms with Crippen molar-refractivity contribution in [1.82, 2.24) is 15.0 Å². The van der Waals surface area contributed by atoms with E-state index < -0.39 is 0 Å². The lowest BCUT2D eigenvalue weighted by Crippen LogP contribution is -2.05. The van der Waals surface area contributed by atoms with Gasteiger partial charge in [-0.05, 0) is 80.0 Å². The summed E-state index contributed by atoms with van der Waals surface area (Å²) in [4.78, 5) is 15.5. The molecule has 0 saturated carbocycles. The summed E-state index contributed by atoms with van der Waals surface area (Å²) in [6.07, 6.45) is 7.55. The first kappa shape index (κ1) is 33.0. The number of furan rings is 1. The van der Waals surface area contributed by atoms with Gasteiger partial charge >= 0.3 is 0 Å². The molecule has 11 rings (SSSR count). The van der Waals surface area contributed by atoms with Crippen molar-refractivity contribution in [1.29, 1.82) is 0 Å². The van der Waals surface area contributed by atoms with Crippen molar-refractivity contribution in [2.24, 2.45) is 0 Å². The van der Waals surface area contributed by atoms with Gasteiger partial charge in [0.1, 0.15) is 11.2 Å². The van der Waals surface area contributed by atoms with E-state index in [1.54, 1.807) is 0 Å². The van der Waals surface area contributed by atoms with E-state index in [4.69, 9.17) is 19.4 Å². The molecule has 1 aliphatic rings. The molecule has 0 aliphatic heterocycles. The van der Waals surface area contributed by atoms with Gasteiger partial charge in [0, 0.05) is 33.4 Å². The standard InChI is InChI=1S/C53H35N3O/c1-3-12-34(13-4-1)36-22-26-38(27-23-36)51-54-52(39-28-24-37(25-29-39)35-14-5-2-6-15-35)56-53(55-51)46-20-11-21-48-50(46)45-31-30-41(33-49(45)57-48)47-32-40-16-7-8-17-42(40)43-18-9-10-19-44(43)47/h1-24,26-33,37H,25H2. The monoisotopic (exact) mass is 729 g/mol. The molecule has 0 bridgehead atoms. The SMILES string of the molecule is C1=CC(c2ccccc2)CC=C1c1nc(-c2ccc(-c3ccccc3)cc2)nc(-c2cccc3oc4cc(-c5cc6ccccc6c6ccccc56)ccc4c23)n1. The van der Waals surface area contributed by atoms with Crippen LogP contribution in [0.1, 0.15) is 23.7 Å². The quantitative estimate of drug-likeness (QED) is 0.160. The van der Waals surface area contributed by atoms with E-state index in [1.165, 1.54) is 38.2 Å². The van der Waals surface area contributed by atoms with Crippen molar-refractivity contribution < 1.29 is 4.42 Å². The summed E-state index contributed by atoms with van der Waals surface area (Å²) in [5.74, 6) is 2.20. The lowest BCUT2D eigenvalue weighted by atomic mass is 9.90. The zero-order valence-electron chi connectivity index (χ0n) is 31.0. The topological polar surface area (TPSA) is 51.8 Å². The van der Waals surface area contributed by atoms with Crippen LogP contribution in [0.15, 0.2) is 199 Å². The Hall–Kier alpha value is -7.43. The fourth-order valence-corrected chi connectivity index (χ4v) is 8.40. The Morgan fingerprint density at radius 2 is 1.11 bits per heavy atom. The Bertz CT molecular complexity index is 3200. The van der Waals surface area contributed by atoms with Crippen LogP contribution in [0.25, 0.3) is 94.1 Å².